The van der Waals surface area contributed by atoms with E-state index in [0.717, 1.165) is 23.3 Å². The molecule has 0 heterocycles. The Morgan fingerprint density at radius 3 is 2.50 bits per heavy atom. The molecule has 112 valence electrons. The fraction of sp³-hybridized carbons (Fsp3) is 0.667. The number of phenols is 1. The first kappa shape index (κ1) is 15.4. The minimum absolute atomic E-state index is 0.202. The summed E-state index contributed by atoms with van der Waals surface area (Å²) in [6.07, 6.45) is 3.93. The van der Waals surface area contributed by atoms with E-state index in [0.29, 0.717) is 11.8 Å². The molecule has 0 aliphatic heterocycles. The predicted molar refractivity (Wildman–Crippen MR) is 84.8 cm³/mol. The third kappa shape index (κ3) is 3.54. The van der Waals surface area contributed by atoms with E-state index in [2.05, 4.69) is 33.0 Å². The van der Waals surface area contributed by atoms with Crippen molar-refractivity contribution in [1.29, 1.82) is 0 Å². The minimum Gasteiger partial charge on any atom is -0.508 e. The number of hydrogen-bond donors (Lipinski definition) is 2. The van der Waals surface area contributed by atoms with Crippen molar-refractivity contribution in [2.24, 2.45) is 17.8 Å². The molecule has 2 heteroatoms. The summed E-state index contributed by atoms with van der Waals surface area (Å²) in [5.41, 5.74) is 1.01. The summed E-state index contributed by atoms with van der Waals surface area (Å²) >= 11 is 0. The summed E-state index contributed by atoms with van der Waals surface area (Å²) in [5.74, 6) is 2.67. The second kappa shape index (κ2) is 6.62. The molecular formula is C18H29NO. The van der Waals surface area contributed by atoms with E-state index in [-0.39, 0.29) is 6.04 Å². The van der Waals surface area contributed by atoms with Gasteiger partial charge in [-0.1, -0.05) is 45.4 Å². The molecule has 4 unspecified atom stereocenters. The Kier molecular flexibility index (Phi) is 5.09. The van der Waals surface area contributed by atoms with Crippen molar-refractivity contribution in [1.82, 2.24) is 5.32 Å². The summed E-state index contributed by atoms with van der Waals surface area (Å²) in [6.45, 7) is 9.18. The number of phenolic OH excluding ortho intramolecular Hbond substituents is 1. The fourth-order valence-corrected chi connectivity index (χ4v) is 3.66. The van der Waals surface area contributed by atoms with Gasteiger partial charge in [-0.2, -0.15) is 0 Å². The van der Waals surface area contributed by atoms with Crippen molar-refractivity contribution >= 4 is 0 Å². The van der Waals surface area contributed by atoms with Crippen LogP contribution in [-0.4, -0.2) is 11.1 Å². The lowest BCUT2D eigenvalue weighted by atomic mass is 9.73. The Balaban J connectivity index is 2.08. The Hall–Kier alpha value is -1.02. The standard InChI is InChI=1S/C18H29NO/c1-12(2)15-10-9-13(3)11-17(15)19-14(4)16-7-5-6-8-18(16)20/h5-8,12-15,17,19-20H,9-11H2,1-4H3. The third-order valence-corrected chi connectivity index (χ3v) is 4.89. The predicted octanol–water partition coefficient (Wildman–Crippen LogP) is 4.50. The molecular weight excluding hydrogens is 246 g/mol. The van der Waals surface area contributed by atoms with Crippen molar-refractivity contribution in [3.63, 3.8) is 0 Å². The molecule has 0 saturated heterocycles. The maximum absolute atomic E-state index is 10.00. The van der Waals surface area contributed by atoms with E-state index in [4.69, 9.17) is 0 Å². The number of benzene rings is 1. The number of hydrogen-bond acceptors (Lipinski definition) is 2. The maximum atomic E-state index is 10.00. The molecule has 2 N–H and O–H groups in total. The van der Waals surface area contributed by atoms with Gasteiger partial charge in [0.25, 0.3) is 0 Å². The van der Waals surface area contributed by atoms with Crippen LogP contribution in [0.15, 0.2) is 24.3 Å². The molecule has 1 aliphatic carbocycles. The van der Waals surface area contributed by atoms with Gasteiger partial charge in [-0.25, -0.2) is 0 Å². The van der Waals surface area contributed by atoms with E-state index in [1.807, 2.05) is 18.2 Å². The summed E-state index contributed by atoms with van der Waals surface area (Å²) in [7, 11) is 0. The second-order valence-corrected chi connectivity index (χ2v) is 6.88. The molecule has 0 spiro atoms. The van der Waals surface area contributed by atoms with E-state index >= 15 is 0 Å². The molecule has 0 radical (unpaired) electrons. The first-order valence-electron chi connectivity index (χ1n) is 8.03. The van der Waals surface area contributed by atoms with Crippen LogP contribution < -0.4 is 5.32 Å². The van der Waals surface area contributed by atoms with Gasteiger partial charge in [0.2, 0.25) is 0 Å². The van der Waals surface area contributed by atoms with Crippen molar-refractivity contribution in [3.05, 3.63) is 29.8 Å². The summed E-state index contributed by atoms with van der Waals surface area (Å²) in [4.78, 5) is 0. The molecule has 0 amide bonds. The lowest BCUT2D eigenvalue weighted by Crippen LogP contribution is -2.43. The van der Waals surface area contributed by atoms with Crippen LogP contribution in [0.2, 0.25) is 0 Å². The Morgan fingerprint density at radius 2 is 1.85 bits per heavy atom. The van der Waals surface area contributed by atoms with Gasteiger partial charge in [0, 0.05) is 17.6 Å². The Labute approximate surface area is 123 Å². The zero-order valence-corrected chi connectivity index (χ0v) is 13.3. The minimum atomic E-state index is 0.202. The molecule has 0 bridgehead atoms. The van der Waals surface area contributed by atoms with Crippen LogP contribution in [-0.2, 0) is 0 Å². The van der Waals surface area contributed by atoms with E-state index in [1.54, 1.807) is 6.07 Å². The van der Waals surface area contributed by atoms with Gasteiger partial charge in [0.15, 0.2) is 0 Å². The zero-order valence-electron chi connectivity index (χ0n) is 13.3. The summed E-state index contributed by atoms with van der Waals surface area (Å²) in [6, 6.07) is 8.43. The molecule has 4 atom stereocenters. The van der Waals surface area contributed by atoms with Crippen LogP contribution in [0.5, 0.6) is 5.75 Å². The zero-order chi connectivity index (χ0) is 14.7. The van der Waals surface area contributed by atoms with Gasteiger partial charge in [0.1, 0.15) is 5.75 Å². The van der Waals surface area contributed by atoms with Gasteiger partial charge >= 0.3 is 0 Å². The quantitative estimate of drug-likeness (QED) is 0.847. The van der Waals surface area contributed by atoms with Crippen LogP contribution in [0.1, 0.15) is 58.6 Å². The SMILES string of the molecule is CC1CCC(C(C)C)C(NC(C)c2ccccc2O)C1. The third-order valence-electron chi connectivity index (χ3n) is 4.89. The molecule has 2 nitrogen and oxygen atoms in total. The van der Waals surface area contributed by atoms with Crippen molar-refractivity contribution < 1.29 is 5.11 Å². The van der Waals surface area contributed by atoms with Crippen molar-refractivity contribution in [3.8, 4) is 5.75 Å². The summed E-state index contributed by atoms with van der Waals surface area (Å²) in [5, 5.41) is 13.8. The average molecular weight is 275 g/mol. The van der Waals surface area contributed by atoms with Crippen LogP contribution in [0.3, 0.4) is 0 Å². The molecule has 1 aliphatic rings. The molecule has 2 rings (SSSR count). The average Bonchev–Trinajstić information content (AvgIpc) is 2.38. The van der Waals surface area contributed by atoms with Crippen LogP contribution in [0, 0.1) is 17.8 Å². The molecule has 0 aromatic heterocycles. The van der Waals surface area contributed by atoms with Crippen molar-refractivity contribution in [2.45, 2.75) is 59.0 Å². The van der Waals surface area contributed by atoms with E-state index < -0.39 is 0 Å². The lowest BCUT2D eigenvalue weighted by molar-refractivity contribution is 0.160. The van der Waals surface area contributed by atoms with Gasteiger partial charge in [0.05, 0.1) is 0 Å². The van der Waals surface area contributed by atoms with Crippen LogP contribution in [0.25, 0.3) is 0 Å². The highest BCUT2D eigenvalue weighted by atomic mass is 16.3. The topological polar surface area (TPSA) is 32.3 Å². The maximum Gasteiger partial charge on any atom is 0.120 e. The molecule has 1 fully saturated rings. The molecule has 1 aromatic rings. The number of para-hydroxylation sites is 1. The van der Waals surface area contributed by atoms with Gasteiger partial charge in [-0.15, -0.1) is 0 Å². The summed E-state index contributed by atoms with van der Waals surface area (Å²) < 4.78 is 0. The largest absolute Gasteiger partial charge is 0.508 e. The van der Waals surface area contributed by atoms with Gasteiger partial charge < -0.3 is 10.4 Å². The number of rotatable bonds is 4. The Bertz CT molecular complexity index is 429. The highest BCUT2D eigenvalue weighted by Crippen LogP contribution is 2.35. The monoisotopic (exact) mass is 275 g/mol. The second-order valence-electron chi connectivity index (χ2n) is 6.88. The molecule has 1 saturated carbocycles. The number of nitrogens with one attached hydrogen (secondary N) is 1. The highest BCUT2D eigenvalue weighted by Gasteiger charge is 2.31. The van der Waals surface area contributed by atoms with Crippen LogP contribution >= 0.6 is 0 Å². The first-order valence-corrected chi connectivity index (χ1v) is 8.03. The van der Waals surface area contributed by atoms with E-state index in [1.165, 1.54) is 19.3 Å². The highest BCUT2D eigenvalue weighted by molar-refractivity contribution is 5.34. The van der Waals surface area contributed by atoms with Crippen LogP contribution in [0.4, 0.5) is 0 Å². The normalized spacial score (nSPS) is 28.6. The smallest absolute Gasteiger partial charge is 0.120 e. The lowest BCUT2D eigenvalue weighted by Gasteiger charge is -2.39. The molecule has 20 heavy (non-hydrogen) atoms. The Morgan fingerprint density at radius 1 is 1.15 bits per heavy atom. The van der Waals surface area contributed by atoms with Gasteiger partial charge in [-0.3, -0.25) is 0 Å². The van der Waals surface area contributed by atoms with Gasteiger partial charge in [-0.05, 0) is 43.6 Å². The fourth-order valence-electron chi connectivity index (χ4n) is 3.66. The first-order chi connectivity index (χ1) is 9.49. The number of aromatic hydroxyl groups is 1. The molecule has 1 aromatic carbocycles. The van der Waals surface area contributed by atoms with E-state index in [9.17, 15) is 5.11 Å². The van der Waals surface area contributed by atoms with Crippen molar-refractivity contribution in [2.75, 3.05) is 0 Å².